The van der Waals surface area contributed by atoms with Gasteiger partial charge in [-0.15, -0.1) is 6.58 Å². The summed E-state index contributed by atoms with van der Waals surface area (Å²) in [6.07, 6.45) is 3.00. The molecule has 0 bridgehead atoms. The van der Waals surface area contributed by atoms with E-state index in [9.17, 15) is 0 Å². The average Bonchev–Trinajstić information content (AvgIpc) is 1.68. The molecular weight excluding hydrogens is 98.1 g/mol. The maximum absolute atomic E-state index is 3.64. The van der Waals surface area contributed by atoms with Crippen LogP contribution in [-0.4, -0.2) is 12.6 Å². The summed E-state index contributed by atoms with van der Waals surface area (Å²) in [5.74, 6) is 0. The van der Waals surface area contributed by atoms with Crippen molar-refractivity contribution in [3.63, 3.8) is 0 Å². The topological polar surface area (TPSA) is 12.0 Å². The Hall–Kier alpha value is -0.300. The minimum atomic E-state index is 0.595. The van der Waals surface area contributed by atoms with Crippen LogP contribution in [0.2, 0.25) is 0 Å². The highest BCUT2D eigenvalue weighted by Gasteiger charge is 1.91. The van der Waals surface area contributed by atoms with Crippen molar-refractivity contribution in [2.75, 3.05) is 6.54 Å². The lowest BCUT2D eigenvalue weighted by atomic mass is 10.2. The second-order valence-electron chi connectivity index (χ2n) is 1.98. The Balaban J connectivity index is 3.03. The lowest BCUT2D eigenvalue weighted by Crippen LogP contribution is -2.24. The summed E-state index contributed by atoms with van der Waals surface area (Å²) in [7, 11) is 0. The molecule has 0 aliphatic carbocycles. The van der Waals surface area contributed by atoms with Crippen molar-refractivity contribution in [1.82, 2.24) is 5.32 Å². The van der Waals surface area contributed by atoms with Crippen LogP contribution >= 0.6 is 0 Å². The van der Waals surface area contributed by atoms with Gasteiger partial charge in [0.1, 0.15) is 0 Å². The zero-order valence-corrected chi connectivity index (χ0v) is 5.78. The monoisotopic (exact) mass is 113 g/mol. The van der Waals surface area contributed by atoms with E-state index >= 15 is 0 Å². The van der Waals surface area contributed by atoms with Gasteiger partial charge in [0.25, 0.3) is 0 Å². The van der Waals surface area contributed by atoms with Gasteiger partial charge in [-0.1, -0.05) is 13.0 Å². The van der Waals surface area contributed by atoms with Gasteiger partial charge in [0.15, 0.2) is 0 Å². The van der Waals surface area contributed by atoms with Crippen LogP contribution < -0.4 is 5.32 Å². The molecule has 48 valence electrons. The molecule has 1 N–H and O–H groups in total. The summed E-state index contributed by atoms with van der Waals surface area (Å²) in [4.78, 5) is 0. The zero-order chi connectivity index (χ0) is 6.41. The lowest BCUT2D eigenvalue weighted by molar-refractivity contribution is 0.574. The zero-order valence-electron chi connectivity index (χ0n) is 5.78. The molecule has 0 aromatic heterocycles. The average molecular weight is 113 g/mol. The number of rotatable bonds is 4. The van der Waals surface area contributed by atoms with Gasteiger partial charge in [0, 0.05) is 6.04 Å². The van der Waals surface area contributed by atoms with E-state index in [-0.39, 0.29) is 0 Å². The molecule has 0 aliphatic rings. The maximum atomic E-state index is 3.64. The number of hydrogen-bond acceptors (Lipinski definition) is 1. The van der Waals surface area contributed by atoms with Crippen LogP contribution in [0.15, 0.2) is 12.7 Å². The third-order valence-corrected chi connectivity index (χ3v) is 1.07. The molecule has 0 heterocycles. The maximum Gasteiger partial charge on any atom is 0.00730 e. The number of nitrogens with one attached hydrogen (secondary N) is 1. The molecule has 1 nitrogen and oxygen atoms in total. The fourth-order valence-electron chi connectivity index (χ4n) is 0.682. The summed E-state index contributed by atoms with van der Waals surface area (Å²) >= 11 is 0. The van der Waals surface area contributed by atoms with Gasteiger partial charge in [0.05, 0.1) is 0 Å². The van der Waals surface area contributed by atoms with Crippen molar-refractivity contribution in [2.24, 2.45) is 0 Å². The molecule has 1 heteroatoms. The highest BCUT2D eigenvalue weighted by molar-refractivity contribution is 4.73. The third kappa shape index (κ3) is 3.88. The summed E-state index contributed by atoms with van der Waals surface area (Å²) in [6, 6.07) is 0.595. The molecule has 0 amide bonds. The number of hydrogen-bond donors (Lipinski definition) is 1. The highest BCUT2D eigenvalue weighted by atomic mass is 14.9. The van der Waals surface area contributed by atoms with Gasteiger partial charge in [0.2, 0.25) is 0 Å². The van der Waals surface area contributed by atoms with Crippen molar-refractivity contribution in [1.29, 1.82) is 0 Å². The standard InChI is InChI=1S/C7H15N/c1-4-6-7(3)8-5-2/h4,7-8H,1,5-6H2,2-3H3. The van der Waals surface area contributed by atoms with Crippen LogP contribution in [0.5, 0.6) is 0 Å². The van der Waals surface area contributed by atoms with Crippen molar-refractivity contribution in [2.45, 2.75) is 26.3 Å². The fourth-order valence-corrected chi connectivity index (χ4v) is 0.682. The minimum Gasteiger partial charge on any atom is -0.314 e. The molecule has 0 saturated heterocycles. The van der Waals surface area contributed by atoms with Gasteiger partial charge in [-0.2, -0.15) is 0 Å². The van der Waals surface area contributed by atoms with Crippen molar-refractivity contribution in [3.8, 4) is 0 Å². The predicted octanol–water partition coefficient (Wildman–Crippen LogP) is 1.56. The van der Waals surface area contributed by atoms with E-state index in [1.54, 1.807) is 0 Å². The Morgan fingerprint density at radius 2 is 2.38 bits per heavy atom. The summed E-state index contributed by atoms with van der Waals surface area (Å²) in [6.45, 7) is 8.96. The molecular formula is C7H15N. The van der Waals surface area contributed by atoms with E-state index in [0.717, 1.165) is 13.0 Å². The quantitative estimate of drug-likeness (QED) is 0.545. The molecule has 0 aromatic rings. The van der Waals surface area contributed by atoms with Gasteiger partial charge in [-0.3, -0.25) is 0 Å². The largest absolute Gasteiger partial charge is 0.314 e. The van der Waals surface area contributed by atoms with E-state index in [2.05, 4.69) is 25.7 Å². The van der Waals surface area contributed by atoms with E-state index < -0.39 is 0 Å². The fraction of sp³-hybridized carbons (Fsp3) is 0.714. The molecule has 0 aromatic carbocycles. The summed E-state index contributed by atoms with van der Waals surface area (Å²) in [5, 5.41) is 3.28. The van der Waals surface area contributed by atoms with Crippen molar-refractivity contribution >= 4 is 0 Å². The first-order valence-corrected chi connectivity index (χ1v) is 3.15. The van der Waals surface area contributed by atoms with E-state index in [1.807, 2.05) is 6.08 Å². The Morgan fingerprint density at radius 3 is 2.75 bits per heavy atom. The van der Waals surface area contributed by atoms with Crippen LogP contribution in [0, 0.1) is 0 Å². The summed E-state index contributed by atoms with van der Waals surface area (Å²) < 4.78 is 0. The van der Waals surface area contributed by atoms with Crippen LogP contribution in [0.4, 0.5) is 0 Å². The second kappa shape index (κ2) is 4.85. The van der Waals surface area contributed by atoms with E-state index in [1.165, 1.54) is 0 Å². The molecule has 0 radical (unpaired) electrons. The Bertz CT molecular complexity index is 59.4. The van der Waals surface area contributed by atoms with Crippen LogP contribution in [0.3, 0.4) is 0 Å². The van der Waals surface area contributed by atoms with E-state index in [0.29, 0.717) is 6.04 Å². The van der Waals surface area contributed by atoms with Gasteiger partial charge in [-0.25, -0.2) is 0 Å². The van der Waals surface area contributed by atoms with Gasteiger partial charge in [-0.05, 0) is 19.9 Å². The molecule has 0 spiro atoms. The first-order chi connectivity index (χ1) is 3.81. The Labute approximate surface area is 51.8 Å². The van der Waals surface area contributed by atoms with Crippen molar-refractivity contribution in [3.05, 3.63) is 12.7 Å². The highest BCUT2D eigenvalue weighted by Crippen LogP contribution is 1.88. The van der Waals surface area contributed by atoms with Gasteiger partial charge >= 0.3 is 0 Å². The molecule has 8 heavy (non-hydrogen) atoms. The molecule has 0 saturated carbocycles. The second-order valence-corrected chi connectivity index (χ2v) is 1.98. The molecule has 0 fully saturated rings. The molecule has 0 rings (SSSR count). The summed E-state index contributed by atoms with van der Waals surface area (Å²) in [5.41, 5.74) is 0. The lowest BCUT2D eigenvalue weighted by Gasteiger charge is -2.07. The third-order valence-electron chi connectivity index (χ3n) is 1.07. The van der Waals surface area contributed by atoms with E-state index in [4.69, 9.17) is 0 Å². The minimum absolute atomic E-state index is 0.595. The predicted molar refractivity (Wildman–Crippen MR) is 38.0 cm³/mol. The van der Waals surface area contributed by atoms with Gasteiger partial charge < -0.3 is 5.32 Å². The molecule has 1 atom stereocenters. The van der Waals surface area contributed by atoms with Crippen LogP contribution in [0.25, 0.3) is 0 Å². The van der Waals surface area contributed by atoms with Crippen LogP contribution in [0.1, 0.15) is 20.3 Å². The first-order valence-electron chi connectivity index (χ1n) is 3.15. The molecule has 0 aliphatic heterocycles. The first kappa shape index (κ1) is 7.70. The molecule has 1 unspecified atom stereocenters. The smallest absolute Gasteiger partial charge is 0.00730 e. The van der Waals surface area contributed by atoms with Crippen molar-refractivity contribution < 1.29 is 0 Å². The Kier molecular flexibility index (Phi) is 4.67. The van der Waals surface area contributed by atoms with Crippen LogP contribution in [-0.2, 0) is 0 Å². The SMILES string of the molecule is C=CCC(C)NCC. The normalized spacial score (nSPS) is 13.2. The Morgan fingerprint density at radius 1 is 1.75 bits per heavy atom.